The van der Waals surface area contributed by atoms with Crippen molar-refractivity contribution in [3.8, 4) is 0 Å². The minimum Gasteiger partial charge on any atom is -0.384 e. The third kappa shape index (κ3) is 3.24. The molecule has 0 unspecified atom stereocenters. The molecule has 0 aliphatic rings. The van der Waals surface area contributed by atoms with Crippen LogP contribution in [0.5, 0.6) is 0 Å². The highest BCUT2D eigenvalue weighted by atomic mass is 32.2. The van der Waals surface area contributed by atoms with Crippen molar-refractivity contribution < 1.29 is 0 Å². The average Bonchev–Trinajstić information content (AvgIpc) is 2.32. The van der Waals surface area contributed by atoms with Crippen LogP contribution in [0.1, 0.15) is 16.7 Å². The number of hydrogen-bond donors (Lipinski definition) is 1. The molecule has 0 atom stereocenters. The lowest BCUT2D eigenvalue weighted by molar-refractivity contribution is 1.23. The van der Waals surface area contributed by atoms with Crippen LogP contribution in [0.15, 0.2) is 41.4 Å². The fourth-order valence-corrected chi connectivity index (χ4v) is 2.60. The summed E-state index contributed by atoms with van der Waals surface area (Å²) in [5.74, 6) is 1.50. The highest BCUT2D eigenvalue weighted by Gasteiger charge is 2.01. The van der Waals surface area contributed by atoms with Crippen LogP contribution in [-0.2, 0) is 5.75 Å². The van der Waals surface area contributed by atoms with Gasteiger partial charge in [-0.05, 0) is 37.1 Å². The van der Waals surface area contributed by atoms with E-state index in [9.17, 15) is 0 Å². The van der Waals surface area contributed by atoms with Crippen LogP contribution >= 0.6 is 11.8 Å². The molecule has 0 aliphatic carbocycles. The number of hydrogen-bond acceptors (Lipinski definition) is 3. The van der Waals surface area contributed by atoms with Crippen LogP contribution < -0.4 is 5.73 Å². The molecule has 1 aromatic carbocycles. The molecule has 2 rings (SSSR count). The maximum atomic E-state index is 5.56. The van der Waals surface area contributed by atoms with Crippen molar-refractivity contribution in [2.24, 2.45) is 0 Å². The fourth-order valence-electron chi connectivity index (χ4n) is 1.55. The van der Waals surface area contributed by atoms with Gasteiger partial charge in [0.15, 0.2) is 0 Å². The molecule has 2 N–H and O–H groups in total. The minimum absolute atomic E-state index is 0.575. The van der Waals surface area contributed by atoms with Crippen LogP contribution in [0.3, 0.4) is 0 Å². The maximum absolute atomic E-state index is 5.56. The number of rotatable bonds is 3. The largest absolute Gasteiger partial charge is 0.384 e. The first-order chi connectivity index (χ1) is 8.15. The fraction of sp³-hybridized carbons (Fsp3) is 0.214. The van der Waals surface area contributed by atoms with Crippen molar-refractivity contribution in [2.75, 3.05) is 5.73 Å². The molecule has 0 bridgehead atoms. The van der Waals surface area contributed by atoms with E-state index in [0.717, 1.165) is 5.75 Å². The SMILES string of the molecule is Cc1ccc(C)c(SCc2ccc(N)nc2)c1. The molecule has 0 amide bonds. The number of thioether (sulfide) groups is 1. The van der Waals surface area contributed by atoms with E-state index < -0.39 is 0 Å². The summed E-state index contributed by atoms with van der Waals surface area (Å²) >= 11 is 1.84. The number of aryl methyl sites for hydroxylation is 2. The van der Waals surface area contributed by atoms with E-state index in [2.05, 4.69) is 37.0 Å². The lowest BCUT2D eigenvalue weighted by Crippen LogP contribution is -1.90. The summed E-state index contributed by atoms with van der Waals surface area (Å²) in [5.41, 5.74) is 9.38. The number of benzene rings is 1. The lowest BCUT2D eigenvalue weighted by Gasteiger charge is -2.06. The van der Waals surface area contributed by atoms with E-state index in [1.807, 2.05) is 30.1 Å². The summed E-state index contributed by atoms with van der Waals surface area (Å²) < 4.78 is 0. The van der Waals surface area contributed by atoms with Gasteiger partial charge in [0.05, 0.1) is 0 Å². The van der Waals surface area contributed by atoms with Gasteiger partial charge in [0.2, 0.25) is 0 Å². The van der Waals surface area contributed by atoms with Crippen molar-refractivity contribution >= 4 is 17.6 Å². The first kappa shape index (κ1) is 12.0. The van der Waals surface area contributed by atoms with Crippen LogP contribution in [0.2, 0.25) is 0 Å². The van der Waals surface area contributed by atoms with Crippen LogP contribution in [0, 0.1) is 13.8 Å². The predicted molar refractivity (Wildman–Crippen MR) is 74.1 cm³/mol. The van der Waals surface area contributed by atoms with E-state index in [-0.39, 0.29) is 0 Å². The zero-order valence-electron chi connectivity index (χ0n) is 10.1. The van der Waals surface area contributed by atoms with Gasteiger partial charge in [-0.15, -0.1) is 11.8 Å². The number of nitrogens with zero attached hydrogens (tertiary/aromatic N) is 1. The molecule has 0 spiro atoms. The van der Waals surface area contributed by atoms with Gasteiger partial charge in [0.1, 0.15) is 5.82 Å². The number of anilines is 1. The van der Waals surface area contributed by atoms with Gasteiger partial charge < -0.3 is 5.73 Å². The topological polar surface area (TPSA) is 38.9 Å². The molecular weight excluding hydrogens is 228 g/mol. The predicted octanol–water partition coefficient (Wildman–Crippen LogP) is 3.57. The average molecular weight is 244 g/mol. The Hall–Kier alpha value is -1.48. The molecule has 0 fully saturated rings. The van der Waals surface area contributed by atoms with E-state index in [4.69, 9.17) is 5.73 Å². The van der Waals surface area contributed by atoms with Crippen LogP contribution in [0.25, 0.3) is 0 Å². The summed E-state index contributed by atoms with van der Waals surface area (Å²) in [7, 11) is 0. The Morgan fingerprint density at radius 1 is 1.18 bits per heavy atom. The standard InChI is InChI=1S/C14H16N2S/c1-10-3-4-11(2)13(7-10)17-9-12-5-6-14(15)16-8-12/h3-8H,9H2,1-2H3,(H2,15,16). The van der Waals surface area contributed by atoms with Crippen molar-refractivity contribution in [2.45, 2.75) is 24.5 Å². The molecule has 1 aromatic heterocycles. The quantitative estimate of drug-likeness (QED) is 0.839. The Morgan fingerprint density at radius 2 is 2.00 bits per heavy atom. The number of pyridine rings is 1. The molecule has 0 saturated carbocycles. The Labute approximate surface area is 106 Å². The zero-order chi connectivity index (χ0) is 12.3. The van der Waals surface area contributed by atoms with Crippen LogP contribution in [0.4, 0.5) is 5.82 Å². The third-order valence-corrected chi connectivity index (χ3v) is 3.81. The first-order valence-electron chi connectivity index (χ1n) is 5.55. The van der Waals surface area contributed by atoms with Crippen molar-refractivity contribution in [1.29, 1.82) is 0 Å². The molecule has 17 heavy (non-hydrogen) atoms. The number of nitrogen functional groups attached to an aromatic ring is 1. The monoisotopic (exact) mass is 244 g/mol. The van der Waals surface area contributed by atoms with E-state index in [1.54, 1.807) is 0 Å². The Morgan fingerprint density at radius 3 is 2.71 bits per heavy atom. The molecule has 1 heterocycles. The normalized spacial score (nSPS) is 10.5. The van der Waals surface area contributed by atoms with E-state index in [0.29, 0.717) is 5.82 Å². The molecule has 2 aromatic rings. The third-order valence-electron chi connectivity index (χ3n) is 2.59. The summed E-state index contributed by atoms with van der Waals surface area (Å²) in [6.45, 7) is 4.26. The Kier molecular flexibility index (Phi) is 3.69. The van der Waals surface area contributed by atoms with Gasteiger partial charge in [-0.2, -0.15) is 0 Å². The number of nitrogens with two attached hydrogens (primary N) is 1. The summed E-state index contributed by atoms with van der Waals surface area (Å²) in [6.07, 6.45) is 1.84. The van der Waals surface area contributed by atoms with Gasteiger partial charge in [-0.3, -0.25) is 0 Å². The second-order valence-electron chi connectivity index (χ2n) is 4.15. The zero-order valence-corrected chi connectivity index (χ0v) is 10.9. The first-order valence-corrected chi connectivity index (χ1v) is 6.54. The molecule has 88 valence electrons. The van der Waals surface area contributed by atoms with Crippen molar-refractivity contribution in [3.63, 3.8) is 0 Å². The maximum Gasteiger partial charge on any atom is 0.123 e. The van der Waals surface area contributed by atoms with Crippen LogP contribution in [-0.4, -0.2) is 4.98 Å². The summed E-state index contributed by atoms with van der Waals surface area (Å²) in [5, 5.41) is 0. The summed E-state index contributed by atoms with van der Waals surface area (Å²) in [4.78, 5) is 5.43. The molecular formula is C14H16N2S. The molecule has 0 saturated heterocycles. The van der Waals surface area contributed by atoms with E-state index >= 15 is 0 Å². The highest BCUT2D eigenvalue weighted by Crippen LogP contribution is 2.26. The molecule has 2 nitrogen and oxygen atoms in total. The number of aromatic nitrogens is 1. The van der Waals surface area contributed by atoms with Gasteiger partial charge in [0.25, 0.3) is 0 Å². The van der Waals surface area contributed by atoms with Gasteiger partial charge in [-0.1, -0.05) is 23.8 Å². The Bertz CT molecular complexity index is 506. The van der Waals surface area contributed by atoms with E-state index in [1.165, 1.54) is 21.6 Å². The van der Waals surface area contributed by atoms with Gasteiger partial charge in [0, 0.05) is 16.8 Å². The second-order valence-corrected chi connectivity index (χ2v) is 5.17. The highest BCUT2D eigenvalue weighted by molar-refractivity contribution is 7.98. The second kappa shape index (κ2) is 5.23. The van der Waals surface area contributed by atoms with Gasteiger partial charge >= 0.3 is 0 Å². The smallest absolute Gasteiger partial charge is 0.123 e. The molecule has 3 heteroatoms. The van der Waals surface area contributed by atoms with Crippen molar-refractivity contribution in [3.05, 3.63) is 53.2 Å². The Balaban J connectivity index is 2.07. The van der Waals surface area contributed by atoms with Crippen molar-refractivity contribution in [1.82, 2.24) is 4.98 Å². The molecule has 0 radical (unpaired) electrons. The molecule has 0 aliphatic heterocycles. The minimum atomic E-state index is 0.575. The van der Waals surface area contributed by atoms with Gasteiger partial charge in [-0.25, -0.2) is 4.98 Å². The summed E-state index contributed by atoms with van der Waals surface area (Å²) in [6, 6.07) is 10.4. The lowest BCUT2D eigenvalue weighted by atomic mass is 10.2.